The van der Waals surface area contributed by atoms with Gasteiger partial charge in [-0.1, -0.05) is 39.0 Å². The highest BCUT2D eigenvalue weighted by molar-refractivity contribution is 7.10. The average Bonchev–Trinajstić information content (AvgIpc) is 2.79. The molecule has 1 unspecified atom stereocenters. The minimum Gasteiger partial charge on any atom is -0.386 e. The summed E-state index contributed by atoms with van der Waals surface area (Å²) in [6.07, 6.45) is 7.58. The Morgan fingerprint density at radius 1 is 1.22 bits per heavy atom. The van der Waals surface area contributed by atoms with E-state index in [2.05, 4.69) is 30.6 Å². The van der Waals surface area contributed by atoms with Gasteiger partial charge in [-0.3, -0.25) is 0 Å². The van der Waals surface area contributed by atoms with Gasteiger partial charge >= 0.3 is 0 Å². The van der Waals surface area contributed by atoms with Gasteiger partial charge in [0, 0.05) is 11.4 Å². The van der Waals surface area contributed by atoms with E-state index in [1.54, 1.807) is 11.3 Å². The number of nitrogens with one attached hydrogen (secondary N) is 1. The fourth-order valence-electron chi connectivity index (χ4n) is 2.00. The number of unbranched alkanes of at least 4 members (excludes halogenated alkanes) is 5. The highest BCUT2D eigenvalue weighted by Gasteiger charge is 2.08. The van der Waals surface area contributed by atoms with Crippen LogP contribution in [-0.4, -0.2) is 18.2 Å². The second-order valence-electron chi connectivity index (χ2n) is 5.01. The van der Waals surface area contributed by atoms with Crippen LogP contribution in [0.25, 0.3) is 0 Å². The lowest BCUT2D eigenvalue weighted by Crippen LogP contribution is -2.22. The zero-order chi connectivity index (χ0) is 13.2. The van der Waals surface area contributed by atoms with E-state index in [-0.39, 0.29) is 6.10 Å². The molecule has 1 aromatic rings. The number of aryl methyl sites for hydroxylation is 1. The van der Waals surface area contributed by atoms with Crippen LogP contribution in [0.3, 0.4) is 0 Å². The predicted molar refractivity (Wildman–Crippen MR) is 80.3 cm³/mol. The van der Waals surface area contributed by atoms with Crippen LogP contribution in [-0.2, 0) is 0 Å². The molecule has 0 bridgehead atoms. The molecule has 3 heteroatoms. The molecule has 0 aliphatic carbocycles. The molecule has 0 aliphatic heterocycles. The third-order valence-corrected chi connectivity index (χ3v) is 4.28. The van der Waals surface area contributed by atoms with E-state index in [1.807, 2.05) is 0 Å². The van der Waals surface area contributed by atoms with Gasteiger partial charge in [-0.25, -0.2) is 0 Å². The van der Waals surface area contributed by atoms with E-state index in [0.29, 0.717) is 6.54 Å². The standard InChI is InChI=1S/C15H27NOS/c1-3-4-5-6-7-8-9-16-11-14(17)15-10-13(2)12-18-15/h10,12,14,16-17H,3-9,11H2,1-2H3. The SMILES string of the molecule is CCCCCCCCNCC(O)c1cc(C)cs1. The van der Waals surface area contributed by atoms with Crippen molar-refractivity contribution >= 4 is 11.3 Å². The van der Waals surface area contributed by atoms with Crippen LogP contribution in [0, 0.1) is 6.92 Å². The van der Waals surface area contributed by atoms with Gasteiger partial charge in [-0.15, -0.1) is 11.3 Å². The summed E-state index contributed by atoms with van der Waals surface area (Å²) < 4.78 is 0. The smallest absolute Gasteiger partial charge is 0.101 e. The lowest BCUT2D eigenvalue weighted by molar-refractivity contribution is 0.178. The maximum absolute atomic E-state index is 9.95. The van der Waals surface area contributed by atoms with Crippen molar-refractivity contribution in [3.63, 3.8) is 0 Å². The van der Waals surface area contributed by atoms with E-state index in [1.165, 1.54) is 44.1 Å². The summed E-state index contributed by atoms with van der Waals surface area (Å²) in [5.74, 6) is 0. The van der Waals surface area contributed by atoms with Crippen molar-refractivity contribution in [2.75, 3.05) is 13.1 Å². The van der Waals surface area contributed by atoms with Gasteiger partial charge in [0.1, 0.15) is 6.10 Å². The number of aliphatic hydroxyl groups excluding tert-OH is 1. The first-order chi connectivity index (χ1) is 8.74. The van der Waals surface area contributed by atoms with Crippen molar-refractivity contribution in [3.05, 3.63) is 21.9 Å². The summed E-state index contributed by atoms with van der Waals surface area (Å²) in [6.45, 7) is 6.01. The number of thiophene rings is 1. The van der Waals surface area contributed by atoms with Crippen LogP contribution in [0.4, 0.5) is 0 Å². The predicted octanol–water partition coefficient (Wildman–Crippen LogP) is 4.04. The van der Waals surface area contributed by atoms with Gasteiger partial charge < -0.3 is 10.4 Å². The molecule has 1 aromatic heterocycles. The van der Waals surface area contributed by atoms with Gasteiger partial charge in [0.2, 0.25) is 0 Å². The first-order valence-electron chi connectivity index (χ1n) is 7.18. The van der Waals surface area contributed by atoms with Crippen LogP contribution < -0.4 is 5.32 Å². The van der Waals surface area contributed by atoms with E-state index in [4.69, 9.17) is 0 Å². The minimum absolute atomic E-state index is 0.344. The van der Waals surface area contributed by atoms with Gasteiger partial charge in [-0.05, 0) is 36.9 Å². The molecule has 2 N–H and O–H groups in total. The molecule has 0 aromatic carbocycles. The Morgan fingerprint density at radius 3 is 2.61 bits per heavy atom. The van der Waals surface area contributed by atoms with Crippen molar-refractivity contribution in [3.8, 4) is 0 Å². The molecular formula is C15H27NOS. The number of aliphatic hydroxyl groups is 1. The lowest BCUT2D eigenvalue weighted by atomic mass is 10.1. The highest BCUT2D eigenvalue weighted by Crippen LogP contribution is 2.20. The van der Waals surface area contributed by atoms with Crippen molar-refractivity contribution < 1.29 is 5.11 Å². The maximum Gasteiger partial charge on any atom is 0.101 e. The Kier molecular flexibility index (Phi) is 8.31. The van der Waals surface area contributed by atoms with Crippen LogP contribution in [0.5, 0.6) is 0 Å². The summed E-state index contributed by atoms with van der Waals surface area (Å²) in [7, 11) is 0. The minimum atomic E-state index is -0.344. The first-order valence-corrected chi connectivity index (χ1v) is 8.05. The number of hydrogen-bond acceptors (Lipinski definition) is 3. The fourth-order valence-corrected chi connectivity index (χ4v) is 2.88. The molecule has 0 saturated carbocycles. The molecule has 104 valence electrons. The number of rotatable bonds is 10. The molecule has 0 fully saturated rings. The van der Waals surface area contributed by atoms with Crippen LogP contribution >= 0.6 is 11.3 Å². The summed E-state index contributed by atoms with van der Waals surface area (Å²) in [5.41, 5.74) is 1.24. The van der Waals surface area contributed by atoms with Gasteiger partial charge in [-0.2, -0.15) is 0 Å². The summed E-state index contributed by atoms with van der Waals surface area (Å²) in [5, 5.41) is 15.4. The molecule has 1 heterocycles. The van der Waals surface area contributed by atoms with Crippen molar-refractivity contribution in [2.24, 2.45) is 0 Å². The monoisotopic (exact) mass is 269 g/mol. The quantitative estimate of drug-likeness (QED) is 0.628. The van der Waals surface area contributed by atoms with Crippen LogP contribution in [0.1, 0.15) is 62.0 Å². The second-order valence-corrected chi connectivity index (χ2v) is 5.96. The lowest BCUT2D eigenvalue weighted by Gasteiger charge is -2.10. The van der Waals surface area contributed by atoms with Gasteiger partial charge in [0.15, 0.2) is 0 Å². The Morgan fingerprint density at radius 2 is 1.94 bits per heavy atom. The Bertz CT molecular complexity index is 311. The molecule has 0 amide bonds. The van der Waals surface area contributed by atoms with Crippen molar-refractivity contribution in [1.29, 1.82) is 0 Å². The van der Waals surface area contributed by atoms with E-state index in [0.717, 1.165) is 11.4 Å². The summed E-state index contributed by atoms with van der Waals surface area (Å²) in [4.78, 5) is 1.07. The van der Waals surface area contributed by atoms with Crippen LogP contribution in [0.2, 0.25) is 0 Å². The highest BCUT2D eigenvalue weighted by atomic mass is 32.1. The first kappa shape index (κ1) is 15.7. The Hall–Kier alpha value is -0.380. The molecule has 0 spiro atoms. The van der Waals surface area contributed by atoms with E-state index < -0.39 is 0 Å². The third kappa shape index (κ3) is 6.53. The molecule has 2 nitrogen and oxygen atoms in total. The maximum atomic E-state index is 9.95. The topological polar surface area (TPSA) is 32.3 Å². The number of hydrogen-bond donors (Lipinski definition) is 2. The zero-order valence-electron chi connectivity index (χ0n) is 11.7. The average molecular weight is 269 g/mol. The molecule has 1 rings (SSSR count). The Balaban J connectivity index is 1.97. The van der Waals surface area contributed by atoms with Crippen LogP contribution in [0.15, 0.2) is 11.4 Å². The zero-order valence-corrected chi connectivity index (χ0v) is 12.6. The fraction of sp³-hybridized carbons (Fsp3) is 0.733. The Labute approximate surface area is 115 Å². The molecule has 0 radical (unpaired) electrons. The van der Waals surface area contributed by atoms with E-state index in [9.17, 15) is 5.11 Å². The van der Waals surface area contributed by atoms with E-state index >= 15 is 0 Å². The van der Waals surface area contributed by atoms with Gasteiger partial charge in [0.25, 0.3) is 0 Å². The largest absolute Gasteiger partial charge is 0.386 e. The second kappa shape index (κ2) is 9.54. The summed E-state index contributed by atoms with van der Waals surface area (Å²) in [6, 6.07) is 2.07. The molecule has 18 heavy (non-hydrogen) atoms. The molecule has 0 saturated heterocycles. The molecule has 1 atom stereocenters. The molecular weight excluding hydrogens is 242 g/mol. The van der Waals surface area contributed by atoms with Gasteiger partial charge in [0.05, 0.1) is 0 Å². The molecule has 0 aliphatic rings. The third-order valence-electron chi connectivity index (χ3n) is 3.12. The summed E-state index contributed by atoms with van der Waals surface area (Å²) >= 11 is 1.65. The normalized spacial score (nSPS) is 12.8. The van der Waals surface area contributed by atoms with Crippen molar-refractivity contribution in [2.45, 2.75) is 58.5 Å². The van der Waals surface area contributed by atoms with Crippen molar-refractivity contribution in [1.82, 2.24) is 5.32 Å².